The first-order valence-corrected chi connectivity index (χ1v) is 5.08. The molecule has 0 aromatic rings. The maximum atomic E-state index is 11.4. The zero-order chi connectivity index (χ0) is 11.9. The summed E-state index contributed by atoms with van der Waals surface area (Å²) < 4.78 is 4.94. The van der Waals surface area contributed by atoms with Crippen LogP contribution in [-0.2, 0) is 9.53 Å². The molecule has 15 heavy (non-hydrogen) atoms. The first-order chi connectivity index (χ1) is 6.91. The number of nitrogens with zero attached hydrogens (tertiary/aromatic N) is 1. The minimum absolute atomic E-state index is 0.0251. The molecule has 0 saturated carbocycles. The van der Waals surface area contributed by atoms with Crippen molar-refractivity contribution in [1.82, 2.24) is 5.32 Å². The van der Waals surface area contributed by atoms with Crippen molar-refractivity contribution in [3.05, 3.63) is 0 Å². The van der Waals surface area contributed by atoms with Gasteiger partial charge in [-0.05, 0) is 19.8 Å². The molecule has 1 atom stereocenters. The third-order valence-corrected chi connectivity index (χ3v) is 2.02. The largest absolute Gasteiger partial charge is 0.384 e. The second-order valence-electron chi connectivity index (χ2n) is 4.54. The van der Waals surface area contributed by atoms with Crippen LogP contribution in [-0.4, -0.2) is 26.2 Å². The van der Waals surface area contributed by atoms with Crippen LogP contribution in [0.4, 0.5) is 0 Å². The third-order valence-electron chi connectivity index (χ3n) is 2.02. The number of carbonyl (C=O) groups excluding carboxylic acids is 1. The van der Waals surface area contributed by atoms with Crippen molar-refractivity contribution in [2.24, 2.45) is 11.3 Å². The van der Waals surface area contributed by atoms with E-state index in [2.05, 4.69) is 11.4 Å². The Balaban J connectivity index is 3.81. The second kappa shape index (κ2) is 6.41. The Morgan fingerprint density at radius 1 is 1.60 bits per heavy atom. The number of carbonyl (C=O) groups is 1. The number of amides is 1. The quantitative estimate of drug-likeness (QED) is 0.722. The normalized spacial score (nSPS) is 13.0. The molecule has 4 heteroatoms. The average molecular weight is 212 g/mol. The van der Waals surface area contributed by atoms with Crippen LogP contribution < -0.4 is 5.32 Å². The lowest BCUT2D eigenvalue weighted by Crippen LogP contribution is -2.34. The van der Waals surface area contributed by atoms with E-state index in [0.717, 1.165) is 0 Å². The second-order valence-corrected chi connectivity index (χ2v) is 4.54. The Morgan fingerprint density at radius 3 is 2.67 bits per heavy atom. The van der Waals surface area contributed by atoms with Crippen molar-refractivity contribution in [1.29, 1.82) is 5.26 Å². The molecule has 0 saturated heterocycles. The van der Waals surface area contributed by atoms with Crippen LogP contribution in [0.3, 0.4) is 0 Å². The highest BCUT2D eigenvalue weighted by Crippen LogP contribution is 2.11. The predicted octanol–water partition coefficient (Wildman–Crippen LogP) is 1.32. The van der Waals surface area contributed by atoms with E-state index < -0.39 is 5.41 Å². The van der Waals surface area contributed by atoms with Gasteiger partial charge in [0, 0.05) is 26.7 Å². The molecule has 1 unspecified atom stereocenters. The fourth-order valence-corrected chi connectivity index (χ4v) is 1.09. The molecule has 0 bridgehead atoms. The molecule has 0 fully saturated rings. The van der Waals surface area contributed by atoms with Crippen molar-refractivity contribution in [2.75, 3.05) is 20.3 Å². The Bertz CT molecular complexity index is 243. The summed E-state index contributed by atoms with van der Waals surface area (Å²) in [6.45, 7) is 6.52. The van der Waals surface area contributed by atoms with Crippen molar-refractivity contribution < 1.29 is 9.53 Å². The van der Waals surface area contributed by atoms with E-state index >= 15 is 0 Å². The van der Waals surface area contributed by atoms with Gasteiger partial charge in [0.05, 0.1) is 11.5 Å². The number of rotatable bonds is 6. The third kappa shape index (κ3) is 6.92. The molecule has 4 nitrogen and oxygen atoms in total. The highest BCUT2D eigenvalue weighted by atomic mass is 16.5. The van der Waals surface area contributed by atoms with Gasteiger partial charge in [-0.1, -0.05) is 6.92 Å². The van der Waals surface area contributed by atoms with Gasteiger partial charge in [-0.25, -0.2) is 0 Å². The molecule has 1 amide bonds. The first-order valence-electron chi connectivity index (χ1n) is 5.08. The molecule has 0 aliphatic rings. The first kappa shape index (κ1) is 13.9. The predicted molar refractivity (Wildman–Crippen MR) is 58.1 cm³/mol. The van der Waals surface area contributed by atoms with Crippen LogP contribution in [0.15, 0.2) is 0 Å². The lowest BCUT2D eigenvalue weighted by molar-refractivity contribution is -0.122. The van der Waals surface area contributed by atoms with Crippen LogP contribution in [0.5, 0.6) is 0 Å². The van der Waals surface area contributed by atoms with E-state index in [-0.39, 0.29) is 11.8 Å². The van der Waals surface area contributed by atoms with E-state index in [9.17, 15) is 4.79 Å². The van der Waals surface area contributed by atoms with E-state index in [4.69, 9.17) is 10.00 Å². The molecule has 0 aliphatic carbocycles. The summed E-state index contributed by atoms with van der Waals surface area (Å²) in [6.07, 6.45) is 0.440. The Hall–Kier alpha value is -1.08. The summed E-state index contributed by atoms with van der Waals surface area (Å²) in [5.41, 5.74) is -0.500. The molecule has 0 radical (unpaired) electrons. The highest BCUT2D eigenvalue weighted by molar-refractivity contribution is 5.76. The van der Waals surface area contributed by atoms with Crippen molar-refractivity contribution in [3.8, 4) is 6.07 Å². The molecule has 0 heterocycles. The fourth-order valence-electron chi connectivity index (χ4n) is 1.09. The Kier molecular flexibility index (Phi) is 5.95. The van der Waals surface area contributed by atoms with Gasteiger partial charge in [-0.2, -0.15) is 5.26 Å². The Morgan fingerprint density at radius 2 is 2.20 bits per heavy atom. The van der Waals surface area contributed by atoms with Crippen molar-refractivity contribution in [3.63, 3.8) is 0 Å². The number of nitriles is 1. The lowest BCUT2D eigenvalue weighted by Gasteiger charge is -2.17. The molecule has 0 aromatic carbocycles. The molecule has 86 valence electrons. The van der Waals surface area contributed by atoms with Gasteiger partial charge in [0.2, 0.25) is 5.91 Å². The molecule has 0 spiro atoms. The smallest absolute Gasteiger partial charge is 0.220 e. The van der Waals surface area contributed by atoms with Crippen molar-refractivity contribution >= 4 is 5.91 Å². The summed E-state index contributed by atoms with van der Waals surface area (Å²) in [5.74, 6) is 0.183. The minimum Gasteiger partial charge on any atom is -0.384 e. The highest BCUT2D eigenvalue weighted by Gasteiger charge is 2.18. The molecular formula is C11H20N2O2. The summed E-state index contributed by atoms with van der Waals surface area (Å²) >= 11 is 0. The lowest BCUT2D eigenvalue weighted by atomic mass is 9.96. The summed E-state index contributed by atoms with van der Waals surface area (Å²) in [7, 11) is 1.62. The number of methoxy groups -OCH3 is 1. The van der Waals surface area contributed by atoms with E-state index in [1.165, 1.54) is 0 Å². The molecule has 0 rings (SSSR count). The van der Waals surface area contributed by atoms with Gasteiger partial charge in [0.25, 0.3) is 0 Å². The van der Waals surface area contributed by atoms with E-state index in [1.807, 2.05) is 6.92 Å². The van der Waals surface area contributed by atoms with Gasteiger partial charge in [-0.15, -0.1) is 0 Å². The summed E-state index contributed by atoms with van der Waals surface area (Å²) in [4.78, 5) is 11.4. The van der Waals surface area contributed by atoms with E-state index in [0.29, 0.717) is 19.6 Å². The number of hydrogen-bond acceptors (Lipinski definition) is 3. The fraction of sp³-hybridized carbons (Fsp3) is 0.818. The number of nitrogens with one attached hydrogen (secondary N) is 1. The minimum atomic E-state index is -0.500. The maximum absolute atomic E-state index is 11.4. The van der Waals surface area contributed by atoms with Crippen LogP contribution in [0.25, 0.3) is 0 Å². The van der Waals surface area contributed by atoms with Crippen molar-refractivity contribution in [2.45, 2.75) is 27.2 Å². The maximum Gasteiger partial charge on any atom is 0.220 e. The van der Waals surface area contributed by atoms with Crippen LogP contribution in [0.1, 0.15) is 27.2 Å². The van der Waals surface area contributed by atoms with Gasteiger partial charge in [0.1, 0.15) is 0 Å². The zero-order valence-electron chi connectivity index (χ0n) is 9.96. The molecule has 0 aromatic heterocycles. The standard InChI is InChI=1S/C11H20N2O2/c1-9(6-15-4)5-10(14)13-8-11(2,3)7-12/h9H,5-6,8H2,1-4H3,(H,13,14). The van der Waals surface area contributed by atoms with Gasteiger partial charge in [0.15, 0.2) is 0 Å². The monoisotopic (exact) mass is 212 g/mol. The SMILES string of the molecule is COCC(C)CC(=O)NCC(C)(C)C#N. The summed E-state index contributed by atoms with van der Waals surface area (Å²) in [6, 6.07) is 2.14. The van der Waals surface area contributed by atoms with Gasteiger partial charge in [-0.3, -0.25) is 4.79 Å². The van der Waals surface area contributed by atoms with Gasteiger partial charge < -0.3 is 10.1 Å². The average Bonchev–Trinajstić information content (AvgIpc) is 2.15. The zero-order valence-corrected chi connectivity index (χ0v) is 9.96. The van der Waals surface area contributed by atoms with Gasteiger partial charge >= 0.3 is 0 Å². The Labute approximate surface area is 91.6 Å². The van der Waals surface area contributed by atoms with Crippen LogP contribution in [0, 0.1) is 22.7 Å². The summed E-state index contributed by atoms with van der Waals surface area (Å²) in [5, 5.41) is 11.5. The number of ether oxygens (including phenoxy) is 1. The molecular weight excluding hydrogens is 192 g/mol. The van der Waals surface area contributed by atoms with E-state index in [1.54, 1.807) is 21.0 Å². The topological polar surface area (TPSA) is 62.1 Å². The van der Waals surface area contributed by atoms with Crippen LogP contribution >= 0.6 is 0 Å². The van der Waals surface area contributed by atoms with Crippen LogP contribution in [0.2, 0.25) is 0 Å². The molecule has 0 aliphatic heterocycles. The molecule has 1 N–H and O–H groups in total. The number of hydrogen-bond donors (Lipinski definition) is 1.